The van der Waals surface area contributed by atoms with Gasteiger partial charge in [0.15, 0.2) is 11.8 Å². The van der Waals surface area contributed by atoms with Gasteiger partial charge in [-0.1, -0.05) is 12.1 Å². The molecule has 1 aromatic carbocycles. The molecule has 2 aromatic rings. The van der Waals surface area contributed by atoms with Gasteiger partial charge in [-0.05, 0) is 24.4 Å². The summed E-state index contributed by atoms with van der Waals surface area (Å²) in [4.78, 5) is 22.7. The summed E-state index contributed by atoms with van der Waals surface area (Å²) in [6, 6.07) is 6.81. The fourth-order valence-electron chi connectivity index (χ4n) is 1.66. The lowest BCUT2D eigenvalue weighted by Crippen LogP contribution is -2.02. The third-order valence-electron chi connectivity index (χ3n) is 2.56. The van der Waals surface area contributed by atoms with Crippen molar-refractivity contribution in [3.63, 3.8) is 0 Å². The minimum atomic E-state index is -0.605. The van der Waals surface area contributed by atoms with Crippen LogP contribution < -0.4 is 4.74 Å². The first kappa shape index (κ1) is 13.9. The first-order chi connectivity index (χ1) is 9.71. The van der Waals surface area contributed by atoms with E-state index in [9.17, 15) is 9.59 Å². The van der Waals surface area contributed by atoms with E-state index >= 15 is 0 Å². The molecule has 0 atom stereocenters. The highest BCUT2D eigenvalue weighted by atomic mass is 32.1. The second-order valence-corrected chi connectivity index (χ2v) is 3.87. The van der Waals surface area contributed by atoms with E-state index in [0.29, 0.717) is 17.5 Å². The Balaban J connectivity index is 2.55. The van der Waals surface area contributed by atoms with E-state index in [4.69, 9.17) is 4.74 Å². The number of thiocarbonyl (C=S) groups is 1. The van der Waals surface area contributed by atoms with Gasteiger partial charge in [-0.15, -0.1) is 5.10 Å². The van der Waals surface area contributed by atoms with Crippen molar-refractivity contribution >= 4 is 30.0 Å². The van der Waals surface area contributed by atoms with Gasteiger partial charge >= 0.3 is 5.97 Å². The number of aromatic nitrogens is 2. The molecule has 0 bridgehead atoms. The zero-order valence-corrected chi connectivity index (χ0v) is 11.3. The smallest absolute Gasteiger partial charge is 0.345 e. The van der Waals surface area contributed by atoms with E-state index in [-0.39, 0.29) is 11.4 Å². The molecule has 20 heavy (non-hydrogen) atoms. The van der Waals surface area contributed by atoms with Crippen LogP contribution in [0.4, 0.5) is 0 Å². The summed E-state index contributed by atoms with van der Waals surface area (Å²) in [6.07, 6.45) is 2.12. The number of nitrogens with zero attached hydrogens (tertiary/aromatic N) is 2. The van der Waals surface area contributed by atoms with Crippen LogP contribution in [0, 0.1) is 0 Å². The Morgan fingerprint density at radius 2 is 2.15 bits per heavy atom. The van der Waals surface area contributed by atoms with Crippen LogP contribution in [-0.2, 0) is 4.74 Å². The van der Waals surface area contributed by atoms with E-state index in [1.807, 2.05) is 0 Å². The minimum absolute atomic E-state index is 0.0209. The van der Waals surface area contributed by atoms with Gasteiger partial charge in [0, 0.05) is 11.8 Å². The molecular formula is C13H10N2O4S. The number of para-hydroxylation sites is 1. The number of esters is 1. The van der Waals surface area contributed by atoms with Crippen molar-refractivity contribution in [2.24, 2.45) is 0 Å². The zero-order valence-electron chi connectivity index (χ0n) is 10.5. The largest absolute Gasteiger partial charge is 0.465 e. The summed E-state index contributed by atoms with van der Waals surface area (Å²) in [6.45, 7) is 0. The second-order valence-electron chi connectivity index (χ2n) is 3.67. The Hall–Kier alpha value is -2.54. The molecule has 0 saturated heterocycles. The molecule has 0 aliphatic carbocycles. The maximum absolute atomic E-state index is 11.6. The predicted molar refractivity (Wildman–Crippen MR) is 74.6 cm³/mol. The molecule has 1 aromatic heterocycles. The summed E-state index contributed by atoms with van der Waals surface area (Å²) < 4.78 is 11.0. The Labute approximate surface area is 119 Å². The normalized spacial score (nSPS) is 9.85. The number of ether oxygens (including phenoxy) is 2. The summed E-state index contributed by atoms with van der Waals surface area (Å²) >= 11 is 4.59. The summed E-state index contributed by atoms with van der Waals surface area (Å²) in [5, 5.41) is 4.08. The van der Waals surface area contributed by atoms with Crippen molar-refractivity contribution in [1.82, 2.24) is 9.78 Å². The van der Waals surface area contributed by atoms with Crippen LogP contribution in [-0.4, -0.2) is 34.7 Å². The number of carbonyl (C=O) groups is 2. The van der Waals surface area contributed by atoms with Gasteiger partial charge in [0.1, 0.15) is 5.56 Å². The Morgan fingerprint density at radius 3 is 2.80 bits per heavy atom. The van der Waals surface area contributed by atoms with Gasteiger partial charge in [0.25, 0.3) is 5.88 Å². The summed E-state index contributed by atoms with van der Waals surface area (Å²) in [5.74, 6) is -0.584. The number of carbonyl (C=O) groups excluding carboxylic acids is 2. The number of benzene rings is 1. The molecule has 6 nitrogen and oxygen atoms in total. The van der Waals surface area contributed by atoms with Crippen LogP contribution in [0.2, 0.25) is 0 Å². The molecule has 0 N–H and O–H groups in total. The van der Waals surface area contributed by atoms with E-state index in [1.54, 1.807) is 24.3 Å². The van der Waals surface area contributed by atoms with Gasteiger partial charge in [0.2, 0.25) is 0 Å². The zero-order chi connectivity index (χ0) is 14.5. The van der Waals surface area contributed by atoms with Crippen LogP contribution in [0.1, 0.15) is 20.7 Å². The fraction of sp³-hybridized carbons (Fsp3) is 0.0769. The molecule has 0 aliphatic heterocycles. The molecule has 0 unspecified atom stereocenters. The van der Waals surface area contributed by atoms with E-state index in [0.717, 1.165) is 5.55 Å². The minimum Gasteiger partial charge on any atom is -0.465 e. The maximum Gasteiger partial charge on any atom is 0.345 e. The third-order valence-corrected chi connectivity index (χ3v) is 2.65. The molecule has 102 valence electrons. The van der Waals surface area contributed by atoms with Gasteiger partial charge < -0.3 is 9.47 Å². The van der Waals surface area contributed by atoms with E-state index in [2.05, 4.69) is 22.1 Å². The number of methoxy groups -OCH3 is 1. The highest BCUT2D eigenvalue weighted by Gasteiger charge is 2.19. The lowest BCUT2D eigenvalue weighted by atomic mass is 10.2. The standard InChI is InChI=1S/C13H10N2O4S/c1-18-13(17)10-6-15(14-12(10)19-8-20)11-5-3-2-4-9(11)7-16/h2-8H,1H3. The third kappa shape index (κ3) is 2.57. The molecule has 0 amide bonds. The molecule has 0 fully saturated rings. The van der Waals surface area contributed by atoms with Gasteiger partial charge in [-0.3, -0.25) is 4.79 Å². The first-order valence-electron chi connectivity index (χ1n) is 5.54. The van der Waals surface area contributed by atoms with Gasteiger partial charge in [-0.2, -0.15) is 0 Å². The Morgan fingerprint density at radius 1 is 1.40 bits per heavy atom. The van der Waals surface area contributed by atoms with Crippen molar-refractivity contribution in [2.45, 2.75) is 0 Å². The van der Waals surface area contributed by atoms with Crippen molar-refractivity contribution in [3.05, 3.63) is 41.6 Å². The lowest BCUT2D eigenvalue weighted by Gasteiger charge is -2.03. The Bertz CT molecular complexity index is 666. The number of rotatable bonds is 5. The summed E-state index contributed by atoms with van der Waals surface area (Å²) in [7, 11) is 1.25. The average Bonchev–Trinajstić information content (AvgIpc) is 2.90. The van der Waals surface area contributed by atoms with Crippen LogP contribution >= 0.6 is 12.2 Å². The first-order valence-corrected chi connectivity index (χ1v) is 6.01. The quantitative estimate of drug-likeness (QED) is 0.475. The maximum atomic E-state index is 11.6. The average molecular weight is 290 g/mol. The number of aldehydes is 1. The highest BCUT2D eigenvalue weighted by Crippen LogP contribution is 2.21. The van der Waals surface area contributed by atoms with Crippen molar-refractivity contribution in [1.29, 1.82) is 0 Å². The monoisotopic (exact) mass is 290 g/mol. The van der Waals surface area contributed by atoms with Crippen molar-refractivity contribution in [2.75, 3.05) is 7.11 Å². The van der Waals surface area contributed by atoms with Crippen LogP contribution in [0.3, 0.4) is 0 Å². The highest BCUT2D eigenvalue weighted by molar-refractivity contribution is 7.78. The SMILES string of the molecule is COC(=O)c1cn(-c2ccccc2C=O)nc1OC=S. The van der Waals surface area contributed by atoms with Crippen LogP contribution in [0.15, 0.2) is 30.5 Å². The molecule has 0 aliphatic rings. The summed E-state index contributed by atoms with van der Waals surface area (Å²) in [5.41, 5.74) is 2.06. The van der Waals surface area contributed by atoms with Crippen molar-refractivity contribution in [3.8, 4) is 11.6 Å². The van der Waals surface area contributed by atoms with E-state index < -0.39 is 5.97 Å². The second kappa shape index (κ2) is 6.07. The van der Waals surface area contributed by atoms with Crippen molar-refractivity contribution < 1.29 is 19.1 Å². The molecule has 2 rings (SSSR count). The van der Waals surface area contributed by atoms with Gasteiger partial charge in [-0.25, -0.2) is 9.48 Å². The Kier molecular flexibility index (Phi) is 4.21. The lowest BCUT2D eigenvalue weighted by molar-refractivity contribution is 0.0598. The topological polar surface area (TPSA) is 70.4 Å². The molecule has 0 radical (unpaired) electrons. The van der Waals surface area contributed by atoms with Crippen LogP contribution in [0.5, 0.6) is 5.88 Å². The predicted octanol–water partition coefficient (Wildman–Crippen LogP) is 1.81. The molecular weight excluding hydrogens is 280 g/mol. The number of hydrogen-bond acceptors (Lipinski definition) is 6. The molecule has 0 spiro atoms. The van der Waals surface area contributed by atoms with Crippen LogP contribution in [0.25, 0.3) is 5.69 Å². The fourth-order valence-corrected chi connectivity index (χ4v) is 1.75. The molecule has 1 heterocycles. The number of hydrogen-bond donors (Lipinski definition) is 0. The molecule has 7 heteroatoms. The molecule has 0 saturated carbocycles. The van der Waals surface area contributed by atoms with Gasteiger partial charge in [0.05, 0.1) is 12.8 Å². The van der Waals surface area contributed by atoms with E-state index in [1.165, 1.54) is 18.0 Å².